The van der Waals surface area contributed by atoms with Gasteiger partial charge in [0.05, 0.1) is 6.04 Å². The van der Waals surface area contributed by atoms with Crippen LogP contribution in [0.1, 0.15) is 49.0 Å². The van der Waals surface area contributed by atoms with Gasteiger partial charge >= 0.3 is 5.97 Å². The predicted molar refractivity (Wildman–Crippen MR) is 110 cm³/mol. The third-order valence-electron chi connectivity index (χ3n) is 6.75. The zero-order valence-corrected chi connectivity index (χ0v) is 16.6. The standard InChI is InChI=1S/C22H29N3O3/c1-24-11-10-17(14-6-4-3-5-7-14)20(24)21(26)23-16-8-9-18-15(12-16)13-19(22(27)28)25(18)2/h8-9,12-14,17,20H,3-7,10-11H2,1-2H3,(H,23,26)(H,27,28). The maximum absolute atomic E-state index is 13.1. The molecule has 1 aliphatic heterocycles. The number of likely N-dealkylation sites (tertiary alicyclic amines) is 1. The lowest BCUT2D eigenvalue weighted by molar-refractivity contribution is -0.121. The van der Waals surface area contributed by atoms with Crippen molar-refractivity contribution in [2.75, 3.05) is 18.9 Å². The number of carbonyl (C=O) groups excluding carboxylic acids is 1. The molecule has 1 aromatic carbocycles. The number of carboxylic acid groups (broad SMARTS) is 1. The molecule has 2 heterocycles. The summed E-state index contributed by atoms with van der Waals surface area (Å²) in [5, 5.41) is 13.2. The van der Waals surface area contributed by atoms with Crippen LogP contribution in [0.15, 0.2) is 24.3 Å². The highest BCUT2D eigenvalue weighted by atomic mass is 16.4. The largest absolute Gasteiger partial charge is 0.477 e. The number of amides is 1. The number of nitrogens with one attached hydrogen (secondary N) is 1. The molecule has 150 valence electrons. The van der Waals surface area contributed by atoms with Crippen LogP contribution in [0.3, 0.4) is 0 Å². The van der Waals surface area contributed by atoms with Gasteiger partial charge in [0.1, 0.15) is 5.69 Å². The van der Waals surface area contributed by atoms with Crippen molar-refractivity contribution in [1.82, 2.24) is 9.47 Å². The molecule has 6 heteroatoms. The fourth-order valence-corrected chi connectivity index (χ4v) is 5.28. The van der Waals surface area contributed by atoms with Gasteiger partial charge in [-0.25, -0.2) is 4.79 Å². The maximum atomic E-state index is 13.1. The second-order valence-electron chi connectivity index (χ2n) is 8.43. The van der Waals surface area contributed by atoms with E-state index in [0.29, 0.717) is 11.8 Å². The lowest BCUT2D eigenvalue weighted by Crippen LogP contribution is -2.43. The second kappa shape index (κ2) is 7.59. The van der Waals surface area contributed by atoms with Gasteiger partial charge in [0.25, 0.3) is 0 Å². The molecule has 2 unspecified atom stereocenters. The second-order valence-corrected chi connectivity index (χ2v) is 8.43. The summed E-state index contributed by atoms with van der Waals surface area (Å²) in [6.07, 6.45) is 7.49. The zero-order valence-electron chi connectivity index (χ0n) is 16.6. The number of rotatable bonds is 4. The number of hydrogen-bond donors (Lipinski definition) is 2. The van der Waals surface area contributed by atoms with Crippen LogP contribution in [-0.2, 0) is 11.8 Å². The summed E-state index contributed by atoms with van der Waals surface area (Å²) in [6, 6.07) is 7.17. The molecule has 1 saturated carbocycles. The molecule has 0 bridgehead atoms. The van der Waals surface area contributed by atoms with Crippen molar-refractivity contribution < 1.29 is 14.7 Å². The number of aromatic carboxylic acids is 1. The van der Waals surface area contributed by atoms with Crippen LogP contribution in [0.2, 0.25) is 0 Å². The number of benzene rings is 1. The highest BCUT2D eigenvalue weighted by molar-refractivity contribution is 5.99. The average Bonchev–Trinajstić information content (AvgIpc) is 3.22. The van der Waals surface area contributed by atoms with E-state index < -0.39 is 5.97 Å². The van der Waals surface area contributed by atoms with Crippen LogP contribution in [-0.4, -0.2) is 46.1 Å². The monoisotopic (exact) mass is 383 g/mol. The van der Waals surface area contributed by atoms with E-state index in [1.807, 2.05) is 25.2 Å². The highest BCUT2D eigenvalue weighted by Gasteiger charge is 2.41. The number of carbonyl (C=O) groups is 2. The summed E-state index contributed by atoms with van der Waals surface area (Å²) >= 11 is 0. The van der Waals surface area contributed by atoms with Crippen molar-refractivity contribution >= 4 is 28.5 Å². The van der Waals surface area contributed by atoms with Crippen LogP contribution < -0.4 is 5.32 Å². The Morgan fingerprint density at radius 1 is 1.07 bits per heavy atom. The molecule has 28 heavy (non-hydrogen) atoms. The van der Waals surface area contributed by atoms with Gasteiger partial charge in [0.2, 0.25) is 5.91 Å². The quantitative estimate of drug-likeness (QED) is 0.844. The molecule has 2 N–H and O–H groups in total. The first-order chi connectivity index (χ1) is 13.5. The summed E-state index contributed by atoms with van der Waals surface area (Å²) in [5.41, 5.74) is 1.81. The molecule has 0 spiro atoms. The third-order valence-corrected chi connectivity index (χ3v) is 6.75. The van der Waals surface area contributed by atoms with E-state index in [-0.39, 0.29) is 17.6 Å². The maximum Gasteiger partial charge on any atom is 0.352 e. The van der Waals surface area contributed by atoms with Gasteiger partial charge in [0.15, 0.2) is 0 Å². The van der Waals surface area contributed by atoms with Gasteiger partial charge in [0, 0.05) is 23.6 Å². The third kappa shape index (κ3) is 3.41. The fourth-order valence-electron chi connectivity index (χ4n) is 5.28. The summed E-state index contributed by atoms with van der Waals surface area (Å²) in [4.78, 5) is 26.7. The smallest absolute Gasteiger partial charge is 0.352 e. The number of aryl methyl sites for hydroxylation is 1. The first-order valence-electron chi connectivity index (χ1n) is 10.3. The van der Waals surface area contributed by atoms with Gasteiger partial charge in [-0.1, -0.05) is 32.1 Å². The lowest BCUT2D eigenvalue weighted by Gasteiger charge is -2.32. The topological polar surface area (TPSA) is 74.6 Å². The number of fused-ring (bicyclic) bond motifs is 1. The first-order valence-corrected chi connectivity index (χ1v) is 10.3. The molecule has 2 fully saturated rings. The molecule has 2 aliphatic rings. The molecular formula is C22H29N3O3. The molecule has 2 aromatic rings. The average molecular weight is 383 g/mol. The SMILES string of the molecule is CN1CCC(C2CCCCC2)C1C(=O)Nc1ccc2c(c1)cc(C(=O)O)n2C. The minimum absolute atomic E-state index is 0.0595. The summed E-state index contributed by atoms with van der Waals surface area (Å²) < 4.78 is 1.66. The molecule has 6 nitrogen and oxygen atoms in total. The minimum Gasteiger partial charge on any atom is -0.477 e. The van der Waals surface area contributed by atoms with Crippen LogP contribution in [0.25, 0.3) is 10.9 Å². The summed E-state index contributed by atoms with van der Waals surface area (Å²) in [5.74, 6) is 0.199. The molecule has 2 atom stereocenters. The number of anilines is 1. The lowest BCUT2D eigenvalue weighted by atomic mass is 9.76. The molecular weight excluding hydrogens is 354 g/mol. The number of aromatic nitrogens is 1. The summed E-state index contributed by atoms with van der Waals surface area (Å²) in [7, 11) is 3.79. The Bertz CT molecular complexity index is 898. The predicted octanol–water partition coefficient (Wildman–Crippen LogP) is 3.72. The molecule has 1 aliphatic carbocycles. The summed E-state index contributed by atoms with van der Waals surface area (Å²) in [6.45, 7) is 0.971. The van der Waals surface area contributed by atoms with Gasteiger partial charge in [-0.2, -0.15) is 0 Å². The van der Waals surface area contributed by atoms with Crippen LogP contribution in [0.5, 0.6) is 0 Å². The molecule has 1 aromatic heterocycles. The Balaban J connectivity index is 1.54. The van der Waals surface area contributed by atoms with E-state index in [2.05, 4.69) is 10.2 Å². The van der Waals surface area contributed by atoms with Crippen molar-refractivity contribution in [3.8, 4) is 0 Å². The Hall–Kier alpha value is -2.34. The zero-order chi connectivity index (χ0) is 19.8. The number of carboxylic acids is 1. The van der Waals surface area contributed by atoms with Crippen molar-refractivity contribution in [2.45, 2.75) is 44.6 Å². The van der Waals surface area contributed by atoms with Gasteiger partial charge in [-0.05, 0) is 56.1 Å². The van der Waals surface area contributed by atoms with Gasteiger partial charge < -0.3 is 15.0 Å². The van der Waals surface area contributed by atoms with Gasteiger partial charge in [-0.15, -0.1) is 0 Å². The number of hydrogen-bond acceptors (Lipinski definition) is 3. The van der Waals surface area contributed by atoms with Crippen molar-refractivity contribution in [1.29, 1.82) is 0 Å². The van der Waals surface area contributed by atoms with Gasteiger partial charge in [-0.3, -0.25) is 9.69 Å². The van der Waals surface area contributed by atoms with Crippen molar-refractivity contribution in [2.24, 2.45) is 18.9 Å². The van der Waals surface area contributed by atoms with Crippen molar-refractivity contribution in [3.05, 3.63) is 30.0 Å². The number of nitrogens with zero attached hydrogens (tertiary/aromatic N) is 2. The minimum atomic E-state index is -0.952. The fraction of sp³-hybridized carbons (Fsp3) is 0.545. The first kappa shape index (κ1) is 19.0. The molecule has 4 rings (SSSR count). The van der Waals surface area contributed by atoms with Crippen LogP contribution in [0.4, 0.5) is 5.69 Å². The van der Waals surface area contributed by atoms with Crippen molar-refractivity contribution in [3.63, 3.8) is 0 Å². The Morgan fingerprint density at radius 3 is 2.54 bits per heavy atom. The highest BCUT2D eigenvalue weighted by Crippen LogP contribution is 2.38. The van der Waals surface area contributed by atoms with Crippen LogP contribution >= 0.6 is 0 Å². The number of likely N-dealkylation sites (N-methyl/N-ethyl adjacent to an activating group) is 1. The van der Waals surface area contributed by atoms with E-state index >= 15 is 0 Å². The molecule has 0 radical (unpaired) electrons. The molecule has 1 amide bonds. The van der Waals surface area contributed by atoms with E-state index in [4.69, 9.17) is 0 Å². The van der Waals surface area contributed by atoms with E-state index in [0.717, 1.165) is 29.6 Å². The Labute approximate surface area is 165 Å². The molecule has 1 saturated heterocycles. The van der Waals surface area contributed by atoms with E-state index in [1.54, 1.807) is 17.7 Å². The normalized spacial score (nSPS) is 23.9. The Morgan fingerprint density at radius 2 is 1.82 bits per heavy atom. The van der Waals surface area contributed by atoms with E-state index in [9.17, 15) is 14.7 Å². The van der Waals surface area contributed by atoms with E-state index in [1.165, 1.54) is 32.1 Å². The Kier molecular flexibility index (Phi) is 5.15. The van der Waals surface area contributed by atoms with Crippen LogP contribution in [0, 0.1) is 11.8 Å².